The Hall–Kier alpha value is -1.40. The number of nitrogens with zero attached hydrogens (tertiary/aromatic N) is 1. The van der Waals surface area contributed by atoms with Crippen LogP contribution in [0.5, 0.6) is 0 Å². The van der Waals surface area contributed by atoms with Crippen molar-refractivity contribution in [2.24, 2.45) is 0 Å². The summed E-state index contributed by atoms with van der Waals surface area (Å²) in [6.07, 6.45) is 0. The molecule has 6 heteroatoms. The van der Waals surface area contributed by atoms with Gasteiger partial charge in [-0.25, -0.2) is 8.42 Å². The molecule has 0 aliphatic carbocycles. The van der Waals surface area contributed by atoms with Crippen LogP contribution in [0.4, 0.5) is 0 Å². The summed E-state index contributed by atoms with van der Waals surface area (Å²) < 4.78 is 29.9. The molecule has 19 heavy (non-hydrogen) atoms. The maximum absolute atomic E-state index is 12.0. The number of benzene rings is 1. The summed E-state index contributed by atoms with van der Waals surface area (Å²) >= 11 is 0. The maximum Gasteiger partial charge on any atom is 0.321 e. The van der Waals surface area contributed by atoms with E-state index in [0.717, 1.165) is 9.87 Å². The van der Waals surface area contributed by atoms with Gasteiger partial charge in [-0.05, 0) is 19.4 Å². The topological polar surface area (TPSA) is 63.7 Å². The third kappa shape index (κ3) is 5.00. The Balaban J connectivity index is 2.85. The molecule has 0 bridgehead atoms. The molecule has 1 aromatic carbocycles. The van der Waals surface area contributed by atoms with E-state index in [1.807, 2.05) is 30.3 Å². The summed E-state index contributed by atoms with van der Waals surface area (Å²) in [6.45, 7) is 3.41. The predicted molar refractivity (Wildman–Crippen MR) is 72.9 cm³/mol. The van der Waals surface area contributed by atoms with E-state index in [-0.39, 0.29) is 25.4 Å². The number of sulfonamides is 1. The van der Waals surface area contributed by atoms with Crippen LogP contribution in [0.1, 0.15) is 19.4 Å². The average Bonchev–Trinajstić information content (AvgIpc) is 2.39. The molecule has 0 saturated carbocycles. The Morgan fingerprint density at radius 3 is 2.37 bits per heavy atom. The van der Waals surface area contributed by atoms with E-state index in [9.17, 15) is 13.2 Å². The van der Waals surface area contributed by atoms with Gasteiger partial charge in [-0.2, -0.15) is 4.31 Å². The van der Waals surface area contributed by atoms with Crippen LogP contribution >= 0.6 is 0 Å². The van der Waals surface area contributed by atoms with Crippen LogP contribution < -0.4 is 0 Å². The van der Waals surface area contributed by atoms with E-state index < -0.39 is 16.0 Å². The molecule has 0 aliphatic heterocycles. The van der Waals surface area contributed by atoms with Gasteiger partial charge in [0, 0.05) is 6.54 Å². The third-order valence-electron chi connectivity index (χ3n) is 2.57. The zero-order valence-electron chi connectivity index (χ0n) is 11.2. The predicted octanol–water partition coefficient (Wildman–Crippen LogP) is 1.40. The molecule has 106 valence electrons. The summed E-state index contributed by atoms with van der Waals surface area (Å²) in [5.74, 6) is -0.574. The molecule has 5 nitrogen and oxygen atoms in total. The fourth-order valence-electron chi connectivity index (χ4n) is 1.57. The summed E-state index contributed by atoms with van der Waals surface area (Å²) in [5, 5.41) is 0. The highest BCUT2D eigenvalue weighted by Gasteiger charge is 2.23. The van der Waals surface area contributed by atoms with Crippen molar-refractivity contribution in [2.45, 2.75) is 20.4 Å². The first-order chi connectivity index (χ1) is 8.99. The van der Waals surface area contributed by atoms with Gasteiger partial charge in [0.25, 0.3) is 0 Å². The number of ether oxygens (including phenoxy) is 1. The molecule has 0 saturated heterocycles. The Labute approximate surface area is 114 Å². The van der Waals surface area contributed by atoms with Crippen molar-refractivity contribution in [3.63, 3.8) is 0 Å². The lowest BCUT2D eigenvalue weighted by Crippen LogP contribution is -2.37. The fourth-order valence-corrected chi connectivity index (χ4v) is 2.59. The number of carbonyl (C=O) groups is 1. The summed E-state index contributed by atoms with van der Waals surface area (Å²) in [5.41, 5.74) is 0.837. The highest BCUT2D eigenvalue weighted by Crippen LogP contribution is 2.10. The molecule has 0 aliphatic rings. The lowest BCUT2D eigenvalue weighted by atomic mass is 10.2. The minimum atomic E-state index is -3.44. The van der Waals surface area contributed by atoms with E-state index in [0.29, 0.717) is 0 Å². The van der Waals surface area contributed by atoms with Crippen molar-refractivity contribution in [2.75, 3.05) is 18.9 Å². The molecule has 0 fully saturated rings. The summed E-state index contributed by atoms with van der Waals surface area (Å²) in [4.78, 5) is 11.5. The highest BCUT2D eigenvalue weighted by atomic mass is 32.2. The Bertz CT molecular complexity index is 499. The molecule has 0 amide bonds. The zero-order chi connectivity index (χ0) is 14.3. The first-order valence-corrected chi connectivity index (χ1v) is 7.78. The van der Waals surface area contributed by atoms with Gasteiger partial charge in [-0.15, -0.1) is 0 Å². The van der Waals surface area contributed by atoms with Crippen molar-refractivity contribution in [3.8, 4) is 0 Å². The first kappa shape index (κ1) is 15.7. The molecule has 0 unspecified atom stereocenters. The molecule has 0 aromatic heterocycles. The fraction of sp³-hybridized carbons (Fsp3) is 0.462. The van der Waals surface area contributed by atoms with Gasteiger partial charge in [0.15, 0.2) is 0 Å². The zero-order valence-corrected chi connectivity index (χ0v) is 12.0. The quantitative estimate of drug-likeness (QED) is 0.710. The van der Waals surface area contributed by atoms with Gasteiger partial charge in [0.05, 0.1) is 12.4 Å². The van der Waals surface area contributed by atoms with Gasteiger partial charge in [-0.3, -0.25) is 4.79 Å². The van der Waals surface area contributed by atoms with E-state index in [1.165, 1.54) is 0 Å². The van der Waals surface area contributed by atoms with E-state index >= 15 is 0 Å². The van der Waals surface area contributed by atoms with Crippen molar-refractivity contribution in [1.82, 2.24) is 4.31 Å². The van der Waals surface area contributed by atoms with Crippen molar-refractivity contribution < 1.29 is 17.9 Å². The van der Waals surface area contributed by atoms with Gasteiger partial charge >= 0.3 is 5.97 Å². The largest absolute Gasteiger partial charge is 0.465 e. The van der Waals surface area contributed by atoms with Crippen molar-refractivity contribution >= 4 is 16.0 Å². The minimum absolute atomic E-state index is 0.0424. The van der Waals surface area contributed by atoms with E-state index in [2.05, 4.69) is 0 Å². The maximum atomic E-state index is 12.0. The molecule has 0 heterocycles. The summed E-state index contributed by atoms with van der Waals surface area (Å²) in [6, 6.07) is 9.16. The summed E-state index contributed by atoms with van der Waals surface area (Å²) in [7, 11) is -3.44. The second kappa shape index (κ2) is 7.25. The van der Waals surface area contributed by atoms with Gasteiger partial charge < -0.3 is 4.74 Å². The SMILES string of the molecule is CCOC(=O)CN(Cc1ccccc1)S(=O)(=O)CC. The van der Waals surface area contributed by atoms with Gasteiger partial charge in [0.1, 0.15) is 6.54 Å². The smallest absolute Gasteiger partial charge is 0.321 e. The van der Waals surface area contributed by atoms with Crippen LogP contribution in [0.15, 0.2) is 30.3 Å². The Morgan fingerprint density at radius 2 is 1.84 bits per heavy atom. The average molecular weight is 285 g/mol. The molecule has 1 rings (SSSR count). The first-order valence-electron chi connectivity index (χ1n) is 6.17. The van der Waals surface area contributed by atoms with Crippen molar-refractivity contribution in [1.29, 1.82) is 0 Å². The van der Waals surface area contributed by atoms with Gasteiger partial charge in [-0.1, -0.05) is 30.3 Å². The number of hydrogen-bond acceptors (Lipinski definition) is 4. The molecule has 0 atom stereocenters. The normalized spacial score (nSPS) is 11.5. The number of hydrogen-bond donors (Lipinski definition) is 0. The lowest BCUT2D eigenvalue weighted by Gasteiger charge is -2.20. The standard InChI is InChI=1S/C13H19NO4S/c1-3-18-13(15)11-14(19(16,17)4-2)10-12-8-6-5-7-9-12/h5-9H,3-4,10-11H2,1-2H3. The second-order valence-corrected chi connectivity index (χ2v) is 6.22. The lowest BCUT2D eigenvalue weighted by molar-refractivity contribution is -0.143. The van der Waals surface area contributed by atoms with Crippen LogP contribution in [-0.2, 0) is 26.1 Å². The minimum Gasteiger partial charge on any atom is -0.465 e. The van der Waals surface area contributed by atoms with Crippen LogP contribution in [0.25, 0.3) is 0 Å². The van der Waals surface area contributed by atoms with Crippen LogP contribution in [0, 0.1) is 0 Å². The molecular formula is C13H19NO4S. The monoisotopic (exact) mass is 285 g/mol. The third-order valence-corrected chi connectivity index (χ3v) is 4.35. The van der Waals surface area contributed by atoms with E-state index in [4.69, 9.17) is 4.74 Å². The highest BCUT2D eigenvalue weighted by molar-refractivity contribution is 7.89. The molecule has 0 N–H and O–H groups in total. The van der Waals surface area contributed by atoms with Crippen LogP contribution in [0.2, 0.25) is 0 Å². The van der Waals surface area contributed by atoms with E-state index in [1.54, 1.807) is 13.8 Å². The Morgan fingerprint density at radius 1 is 1.21 bits per heavy atom. The second-order valence-electron chi connectivity index (χ2n) is 3.96. The Kier molecular flexibility index (Phi) is 5.98. The van der Waals surface area contributed by atoms with Crippen molar-refractivity contribution in [3.05, 3.63) is 35.9 Å². The molecule has 1 aromatic rings. The number of rotatable bonds is 7. The van der Waals surface area contributed by atoms with Gasteiger partial charge in [0.2, 0.25) is 10.0 Å². The van der Waals surface area contributed by atoms with Crippen LogP contribution in [0.3, 0.4) is 0 Å². The number of esters is 1. The molecule has 0 radical (unpaired) electrons. The molecular weight excluding hydrogens is 266 g/mol. The number of carbonyl (C=O) groups excluding carboxylic acids is 1. The molecule has 0 spiro atoms. The van der Waals surface area contributed by atoms with Crippen LogP contribution in [-0.4, -0.2) is 37.6 Å².